The lowest BCUT2D eigenvalue weighted by atomic mass is 9.84. The number of primary amides is 1. The first kappa shape index (κ1) is 34.2. The number of carbonyl (C=O) groups excluding carboxylic acids is 4. The number of Topliss-reactive ketones (excluding diaryl/α,β-unsaturated/α-hetero) is 1. The number of hydrogen-bond donors (Lipinski definition) is 9. The van der Waals surface area contributed by atoms with E-state index in [1.54, 1.807) is 0 Å². The highest BCUT2D eigenvalue weighted by Crippen LogP contribution is 2.20. The number of nitrogens with two attached hydrogens (primary N) is 1. The number of rotatable bonds is 15. The number of nitrogens with one attached hydrogen (secondary N) is 3. The molecule has 0 spiro atoms. The van der Waals surface area contributed by atoms with E-state index in [1.165, 1.54) is 20.8 Å². The standard InChI is InChI=1S/C23H44N4O8S/c1-22(2,3)18(32)16(30)14(28)15(29)17(31)21(35)25-10-8-7-9-12(27-23(4,5)6)20(34)26-13(11-36)19(24)33/h12-17,27-31,36H,7-11H2,1-6H3,(H2,24,33)(H,25,35)(H,26,34)/t12?,13-,14-,15+,16+,17-/m0/s1. The Labute approximate surface area is 218 Å². The summed E-state index contributed by atoms with van der Waals surface area (Å²) >= 11 is 4.02. The van der Waals surface area contributed by atoms with Crippen LogP contribution in [0.4, 0.5) is 0 Å². The summed E-state index contributed by atoms with van der Waals surface area (Å²) < 4.78 is 0. The van der Waals surface area contributed by atoms with Crippen LogP contribution in [-0.4, -0.2) is 98.3 Å². The molecule has 0 fully saturated rings. The molecule has 0 aromatic heterocycles. The average molecular weight is 537 g/mol. The molecular weight excluding hydrogens is 492 g/mol. The summed E-state index contributed by atoms with van der Waals surface area (Å²) in [6, 6.07) is -1.56. The number of carbonyl (C=O) groups is 4. The lowest BCUT2D eigenvalue weighted by Gasteiger charge is -2.29. The summed E-state index contributed by atoms with van der Waals surface area (Å²) in [6.07, 6.45) is -6.94. The van der Waals surface area contributed by atoms with Gasteiger partial charge in [-0.1, -0.05) is 20.8 Å². The molecule has 0 heterocycles. The predicted molar refractivity (Wildman–Crippen MR) is 137 cm³/mol. The second kappa shape index (κ2) is 14.8. The van der Waals surface area contributed by atoms with Crippen LogP contribution in [0, 0.1) is 5.41 Å². The molecule has 0 aliphatic heterocycles. The van der Waals surface area contributed by atoms with Crippen molar-refractivity contribution in [1.29, 1.82) is 0 Å². The molecule has 0 saturated carbocycles. The van der Waals surface area contributed by atoms with Gasteiger partial charge in [0.15, 0.2) is 11.9 Å². The molecule has 9 N–H and O–H groups in total. The summed E-state index contributed by atoms with van der Waals surface area (Å²) in [4.78, 5) is 48.3. The van der Waals surface area contributed by atoms with Crippen molar-refractivity contribution in [3.8, 4) is 0 Å². The Morgan fingerprint density at radius 2 is 1.36 bits per heavy atom. The van der Waals surface area contributed by atoms with Crippen molar-refractivity contribution in [2.45, 2.75) is 103 Å². The maximum absolute atomic E-state index is 12.6. The van der Waals surface area contributed by atoms with Crippen molar-refractivity contribution in [3.05, 3.63) is 0 Å². The molecular formula is C23H44N4O8S. The van der Waals surface area contributed by atoms with E-state index in [-0.39, 0.29) is 12.3 Å². The largest absolute Gasteiger partial charge is 0.387 e. The summed E-state index contributed by atoms with van der Waals surface area (Å²) in [5, 5.41) is 48.2. The van der Waals surface area contributed by atoms with E-state index < -0.39 is 71.0 Å². The maximum Gasteiger partial charge on any atom is 0.251 e. The minimum atomic E-state index is -2.08. The van der Waals surface area contributed by atoms with Gasteiger partial charge in [0, 0.05) is 23.3 Å². The molecule has 210 valence electrons. The Hall–Kier alpha value is -1.77. The highest BCUT2D eigenvalue weighted by Gasteiger charge is 2.40. The van der Waals surface area contributed by atoms with Crippen LogP contribution in [0.15, 0.2) is 0 Å². The Balaban J connectivity index is 4.81. The molecule has 3 amide bonds. The fourth-order valence-electron chi connectivity index (χ4n) is 3.19. The molecule has 13 heteroatoms. The van der Waals surface area contributed by atoms with Gasteiger partial charge in [-0.15, -0.1) is 0 Å². The van der Waals surface area contributed by atoms with Crippen LogP contribution in [0.1, 0.15) is 60.8 Å². The third-order valence-corrected chi connectivity index (χ3v) is 5.62. The number of aliphatic hydroxyl groups is 4. The van der Waals surface area contributed by atoms with E-state index in [0.29, 0.717) is 19.3 Å². The van der Waals surface area contributed by atoms with Crippen molar-refractivity contribution >= 4 is 36.1 Å². The van der Waals surface area contributed by atoms with E-state index in [0.717, 1.165) is 0 Å². The SMILES string of the molecule is CC(C)(C)NC(CCCCNC(=O)[C@@H](O)[C@H](O)[C@H](O)[C@@H](O)C(=O)C(C)(C)C)C(=O)N[C@@H](CS)C(N)=O. The van der Waals surface area contributed by atoms with Crippen molar-refractivity contribution in [3.63, 3.8) is 0 Å². The number of hydrogen-bond acceptors (Lipinski definition) is 10. The zero-order chi connectivity index (χ0) is 28.4. The highest BCUT2D eigenvalue weighted by molar-refractivity contribution is 7.80. The number of ketones is 1. The number of amides is 3. The highest BCUT2D eigenvalue weighted by atomic mass is 32.1. The molecule has 0 radical (unpaired) electrons. The van der Waals surface area contributed by atoms with Crippen molar-refractivity contribution in [2.75, 3.05) is 12.3 Å². The van der Waals surface area contributed by atoms with Gasteiger partial charge in [0.05, 0.1) is 6.04 Å². The summed E-state index contributed by atoms with van der Waals surface area (Å²) in [7, 11) is 0. The number of thiol groups is 1. The summed E-state index contributed by atoms with van der Waals surface area (Å²) in [6.45, 7) is 10.3. The molecule has 0 aliphatic rings. The normalized spacial score (nSPS) is 17.3. The van der Waals surface area contributed by atoms with E-state index in [1.807, 2.05) is 20.8 Å². The molecule has 0 aromatic carbocycles. The molecule has 0 aliphatic carbocycles. The minimum absolute atomic E-state index is 0.0552. The molecule has 6 atom stereocenters. The molecule has 12 nitrogen and oxygen atoms in total. The smallest absolute Gasteiger partial charge is 0.251 e. The molecule has 0 saturated heterocycles. The van der Waals surface area contributed by atoms with Gasteiger partial charge in [-0.2, -0.15) is 12.6 Å². The third kappa shape index (κ3) is 12.0. The fraction of sp³-hybridized carbons (Fsp3) is 0.826. The van der Waals surface area contributed by atoms with E-state index in [4.69, 9.17) is 5.73 Å². The van der Waals surface area contributed by atoms with Gasteiger partial charge < -0.3 is 42.1 Å². The van der Waals surface area contributed by atoms with Crippen molar-refractivity contribution < 1.29 is 39.6 Å². The second-order valence-corrected chi connectivity index (χ2v) is 11.2. The van der Waals surface area contributed by atoms with Crippen LogP contribution in [0.2, 0.25) is 0 Å². The van der Waals surface area contributed by atoms with Gasteiger partial charge in [-0.05, 0) is 40.0 Å². The van der Waals surface area contributed by atoms with E-state index in [9.17, 15) is 39.6 Å². The summed E-state index contributed by atoms with van der Waals surface area (Å²) in [5.41, 5.74) is 3.85. The zero-order valence-electron chi connectivity index (χ0n) is 21.9. The molecule has 1 unspecified atom stereocenters. The molecule has 0 aromatic rings. The van der Waals surface area contributed by atoms with Crippen LogP contribution < -0.4 is 21.7 Å². The predicted octanol–water partition coefficient (Wildman–Crippen LogP) is -2.01. The Bertz CT molecular complexity index is 753. The topological polar surface area (TPSA) is 211 Å². The lowest BCUT2D eigenvalue weighted by Crippen LogP contribution is -2.56. The Morgan fingerprint density at radius 1 is 0.833 bits per heavy atom. The van der Waals surface area contributed by atoms with Crippen LogP contribution in [0.25, 0.3) is 0 Å². The molecule has 36 heavy (non-hydrogen) atoms. The van der Waals surface area contributed by atoms with Crippen LogP contribution in [0.5, 0.6) is 0 Å². The fourth-order valence-corrected chi connectivity index (χ4v) is 3.46. The molecule has 0 rings (SSSR count). The lowest BCUT2D eigenvalue weighted by molar-refractivity contribution is -0.158. The first-order chi connectivity index (χ1) is 16.3. The quantitative estimate of drug-likeness (QED) is 0.0834. The van der Waals surface area contributed by atoms with Crippen LogP contribution in [-0.2, 0) is 19.2 Å². The monoisotopic (exact) mass is 536 g/mol. The van der Waals surface area contributed by atoms with Gasteiger partial charge in [-0.25, -0.2) is 0 Å². The molecule has 0 bridgehead atoms. The first-order valence-corrected chi connectivity index (χ1v) is 12.5. The average Bonchev–Trinajstić information content (AvgIpc) is 2.76. The third-order valence-electron chi connectivity index (χ3n) is 5.26. The van der Waals surface area contributed by atoms with Gasteiger partial charge in [0.25, 0.3) is 5.91 Å². The van der Waals surface area contributed by atoms with Gasteiger partial charge >= 0.3 is 0 Å². The van der Waals surface area contributed by atoms with Crippen molar-refractivity contribution in [1.82, 2.24) is 16.0 Å². The zero-order valence-corrected chi connectivity index (χ0v) is 22.8. The van der Waals surface area contributed by atoms with E-state index >= 15 is 0 Å². The van der Waals surface area contributed by atoms with Crippen molar-refractivity contribution in [2.24, 2.45) is 11.1 Å². The number of unbranched alkanes of at least 4 members (excludes halogenated alkanes) is 1. The van der Waals surface area contributed by atoms with Crippen LogP contribution >= 0.6 is 12.6 Å². The van der Waals surface area contributed by atoms with Crippen LogP contribution in [0.3, 0.4) is 0 Å². The van der Waals surface area contributed by atoms with Gasteiger partial charge in [-0.3, -0.25) is 19.2 Å². The summed E-state index contributed by atoms with van der Waals surface area (Å²) in [5.74, 6) is -2.79. The number of aliphatic hydroxyl groups excluding tert-OH is 4. The second-order valence-electron chi connectivity index (χ2n) is 10.9. The van der Waals surface area contributed by atoms with E-state index in [2.05, 4.69) is 28.6 Å². The minimum Gasteiger partial charge on any atom is -0.387 e. The Kier molecular flexibility index (Phi) is 14.1. The maximum atomic E-state index is 12.6. The Morgan fingerprint density at radius 3 is 1.81 bits per heavy atom. The van der Waals surface area contributed by atoms with Gasteiger partial charge in [0.2, 0.25) is 11.8 Å². The van der Waals surface area contributed by atoms with Gasteiger partial charge in [0.1, 0.15) is 24.4 Å². The first-order valence-electron chi connectivity index (χ1n) is 11.9.